The van der Waals surface area contributed by atoms with Crippen molar-refractivity contribution in [2.24, 2.45) is 0 Å². The number of rotatable bonds is 2. The van der Waals surface area contributed by atoms with Gasteiger partial charge < -0.3 is 0 Å². The quantitative estimate of drug-likeness (QED) is 0.641. The fourth-order valence-corrected chi connectivity index (χ4v) is 1.95. The van der Waals surface area contributed by atoms with Crippen LogP contribution in [-0.4, -0.2) is 54.0 Å². The maximum absolute atomic E-state index is 12.5. The molecule has 0 saturated carbocycles. The van der Waals surface area contributed by atoms with Gasteiger partial charge in [0.05, 0.1) is 13.1 Å². The van der Waals surface area contributed by atoms with Gasteiger partial charge in [-0.1, -0.05) is 0 Å². The lowest BCUT2D eigenvalue weighted by atomic mass is 9.99. The lowest BCUT2D eigenvalue weighted by Crippen LogP contribution is -2.69. The highest BCUT2D eigenvalue weighted by atomic mass is 19.3. The molecule has 0 radical (unpaired) electrons. The lowest BCUT2D eigenvalue weighted by Gasteiger charge is -2.52. The predicted molar refractivity (Wildman–Crippen MR) is 47.0 cm³/mol. The first-order valence-corrected chi connectivity index (χ1v) is 4.84. The average molecular weight is 190 g/mol. The standard InChI is InChI=1S/C9H16F2N2/c1-7(2)12-3-8(4-12)13-5-9(10,11)6-13/h7-8H,3-6H2,1-2H3. The van der Waals surface area contributed by atoms with E-state index in [2.05, 4.69) is 18.7 Å². The van der Waals surface area contributed by atoms with Gasteiger partial charge in [-0.15, -0.1) is 0 Å². The smallest absolute Gasteiger partial charge is 0.272 e. The van der Waals surface area contributed by atoms with Crippen molar-refractivity contribution in [2.45, 2.75) is 31.9 Å². The van der Waals surface area contributed by atoms with Gasteiger partial charge in [0.2, 0.25) is 0 Å². The maximum Gasteiger partial charge on any atom is 0.272 e. The van der Waals surface area contributed by atoms with E-state index < -0.39 is 5.92 Å². The van der Waals surface area contributed by atoms with Gasteiger partial charge >= 0.3 is 0 Å². The molecular formula is C9H16F2N2. The Morgan fingerprint density at radius 1 is 1.23 bits per heavy atom. The number of alkyl halides is 2. The fraction of sp³-hybridized carbons (Fsp3) is 1.00. The van der Waals surface area contributed by atoms with Gasteiger partial charge in [-0.25, -0.2) is 8.78 Å². The van der Waals surface area contributed by atoms with Crippen LogP contribution >= 0.6 is 0 Å². The summed E-state index contributed by atoms with van der Waals surface area (Å²) >= 11 is 0. The summed E-state index contributed by atoms with van der Waals surface area (Å²) in [7, 11) is 0. The number of nitrogens with zero attached hydrogens (tertiary/aromatic N) is 2. The molecule has 0 aromatic carbocycles. The van der Waals surface area contributed by atoms with Crippen molar-refractivity contribution in [1.29, 1.82) is 0 Å². The Hall–Kier alpha value is -0.220. The summed E-state index contributed by atoms with van der Waals surface area (Å²) in [6, 6.07) is 0.945. The number of likely N-dealkylation sites (tertiary alicyclic amines) is 2. The number of hydrogen-bond acceptors (Lipinski definition) is 2. The topological polar surface area (TPSA) is 6.48 Å². The minimum absolute atomic E-state index is 0.0242. The molecule has 76 valence electrons. The Morgan fingerprint density at radius 2 is 1.77 bits per heavy atom. The SMILES string of the molecule is CC(C)N1CC(N2CC(F)(F)C2)C1. The monoisotopic (exact) mass is 190 g/mol. The van der Waals surface area contributed by atoms with E-state index in [4.69, 9.17) is 0 Å². The molecule has 2 heterocycles. The van der Waals surface area contributed by atoms with E-state index in [1.165, 1.54) is 0 Å². The second kappa shape index (κ2) is 2.89. The van der Waals surface area contributed by atoms with Crippen molar-refractivity contribution >= 4 is 0 Å². The first-order valence-electron chi connectivity index (χ1n) is 4.84. The summed E-state index contributed by atoms with van der Waals surface area (Å²) in [5.41, 5.74) is 0. The molecule has 0 N–H and O–H groups in total. The van der Waals surface area contributed by atoms with E-state index in [-0.39, 0.29) is 13.1 Å². The first kappa shape index (κ1) is 9.34. The summed E-state index contributed by atoms with van der Waals surface area (Å²) in [6.45, 7) is 6.16. The van der Waals surface area contributed by atoms with Crippen LogP contribution in [0.15, 0.2) is 0 Å². The van der Waals surface area contributed by atoms with Gasteiger partial charge in [0.1, 0.15) is 0 Å². The molecule has 0 aliphatic carbocycles. The van der Waals surface area contributed by atoms with Gasteiger partial charge in [0, 0.05) is 25.2 Å². The molecular weight excluding hydrogens is 174 g/mol. The molecule has 0 aromatic heterocycles. The molecule has 0 amide bonds. The van der Waals surface area contributed by atoms with Gasteiger partial charge in [-0.05, 0) is 13.8 Å². The zero-order valence-corrected chi connectivity index (χ0v) is 8.13. The third-order valence-electron chi connectivity index (χ3n) is 3.01. The van der Waals surface area contributed by atoms with Gasteiger partial charge in [-0.3, -0.25) is 9.80 Å². The molecule has 0 aromatic rings. The second-order valence-electron chi connectivity index (χ2n) is 4.46. The minimum Gasteiger partial charge on any atom is -0.298 e. The molecule has 4 heteroatoms. The lowest BCUT2D eigenvalue weighted by molar-refractivity contribution is -0.167. The Bertz CT molecular complexity index is 192. The van der Waals surface area contributed by atoms with Crippen LogP contribution in [0.5, 0.6) is 0 Å². The Balaban J connectivity index is 1.71. The van der Waals surface area contributed by atoms with E-state index in [1.54, 1.807) is 0 Å². The summed E-state index contributed by atoms with van der Waals surface area (Å²) < 4.78 is 25.0. The molecule has 2 rings (SSSR count). The molecule has 2 aliphatic rings. The van der Waals surface area contributed by atoms with Crippen LogP contribution in [0.25, 0.3) is 0 Å². The van der Waals surface area contributed by atoms with Gasteiger partial charge in [0.15, 0.2) is 0 Å². The van der Waals surface area contributed by atoms with Crippen LogP contribution in [-0.2, 0) is 0 Å². The maximum atomic E-state index is 12.5. The Kier molecular flexibility index (Phi) is 2.07. The highest BCUT2D eigenvalue weighted by molar-refractivity contribution is 4.98. The van der Waals surface area contributed by atoms with Crippen LogP contribution in [0, 0.1) is 0 Å². The second-order valence-corrected chi connectivity index (χ2v) is 4.46. The van der Waals surface area contributed by atoms with Crippen LogP contribution in [0.1, 0.15) is 13.8 Å². The van der Waals surface area contributed by atoms with Crippen molar-refractivity contribution in [1.82, 2.24) is 9.80 Å². The van der Waals surface area contributed by atoms with Crippen LogP contribution in [0.2, 0.25) is 0 Å². The predicted octanol–water partition coefficient (Wildman–Crippen LogP) is 1.03. The van der Waals surface area contributed by atoms with E-state index in [0.717, 1.165) is 13.1 Å². The van der Waals surface area contributed by atoms with Crippen molar-refractivity contribution in [2.75, 3.05) is 26.2 Å². The summed E-state index contributed by atoms with van der Waals surface area (Å²) in [5, 5.41) is 0. The average Bonchev–Trinajstić information content (AvgIpc) is 1.78. The van der Waals surface area contributed by atoms with E-state index in [0.29, 0.717) is 12.1 Å². The van der Waals surface area contributed by atoms with Crippen molar-refractivity contribution in [3.05, 3.63) is 0 Å². The van der Waals surface area contributed by atoms with E-state index >= 15 is 0 Å². The van der Waals surface area contributed by atoms with Crippen molar-refractivity contribution in [3.63, 3.8) is 0 Å². The van der Waals surface area contributed by atoms with Crippen molar-refractivity contribution < 1.29 is 8.78 Å². The zero-order valence-electron chi connectivity index (χ0n) is 8.13. The molecule has 2 aliphatic heterocycles. The Morgan fingerprint density at radius 3 is 2.15 bits per heavy atom. The Labute approximate surface area is 77.5 Å². The van der Waals surface area contributed by atoms with Gasteiger partial charge in [0.25, 0.3) is 5.92 Å². The normalized spacial score (nSPS) is 30.2. The van der Waals surface area contributed by atoms with Crippen LogP contribution in [0.4, 0.5) is 8.78 Å². The molecule has 0 atom stereocenters. The highest BCUT2D eigenvalue weighted by Gasteiger charge is 2.49. The van der Waals surface area contributed by atoms with E-state index in [9.17, 15) is 8.78 Å². The molecule has 13 heavy (non-hydrogen) atoms. The van der Waals surface area contributed by atoms with Crippen LogP contribution < -0.4 is 0 Å². The fourth-order valence-electron chi connectivity index (χ4n) is 1.95. The molecule has 2 fully saturated rings. The molecule has 0 bridgehead atoms. The highest BCUT2D eigenvalue weighted by Crippen LogP contribution is 2.31. The summed E-state index contributed by atoms with van der Waals surface area (Å²) in [4.78, 5) is 4.19. The summed E-state index contributed by atoms with van der Waals surface area (Å²) in [6.07, 6.45) is 0. The molecule has 2 nitrogen and oxygen atoms in total. The zero-order chi connectivity index (χ0) is 9.64. The third kappa shape index (κ3) is 1.70. The minimum atomic E-state index is -2.40. The number of hydrogen-bond donors (Lipinski definition) is 0. The van der Waals surface area contributed by atoms with Crippen LogP contribution in [0.3, 0.4) is 0 Å². The summed E-state index contributed by atoms with van der Waals surface area (Å²) in [5.74, 6) is -2.40. The first-order chi connectivity index (χ1) is 5.98. The largest absolute Gasteiger partial charge is 0.298 e. The van der Waals surface area contributed by atoms with Crippen molar-refractivity contribution in [3.8, 4) is 0 Å². The number of halogens is 2. The third-order valence-corrected chi connectivity index (χ3v) is 3.01. The van der Waals surface area contributed by atoms with E-state index in [1.807, 2.05) is 4.90 Å². The molecule has 0 spiro atoms. The van der Waals surface area contributed by atoms with Gasteiger partial charge in [-0.2, -0.15) is 0 Å². The molecule has 0 unspecified atom stereocenters. The molecule has 2 saturated heterocycles.